The summed E-state index contributed by atoms with van der Waals surface area (Å²) >= 11 is 0. The van der Waals surface area contributed by atoms with Crippen LogP contribution in [0.2, 0.25) is 0 Å². The van der Waals surface area contributed by atoms with Crippen LogP contribution in [0.25, 0.3) is 6.08 Å². The zero-order chi connectivity index (χ0) is 6.81. The van der Waals surface area contributed by atoms with Crippen LogP contribution in [0.1, 0.15) is 5.56 Å². The van der Waals surface area contributed by atoms with Gasteiger partial charge in [0.15, 0.2) is 0 Å². The zero-order valence-corrected chi connectivity index (χ0v) is 9.35. The van der Waals surface area contributed by atoms with Crippen LogP contribution in [0.15, 0.2) is 30.3 Å². The van der Waals surface area contributed by atoms with Gasteiger partial charge in [-0.05, 0) is 11.6 Å². The Morgan fingerprint density at radius 2 is 2.00 bits per heavy atom. The first-order valence-electron chi connectivity index (χ1n) is 3.46. The molecule has 1 nitrogen and oxygen atoms in total. The third-order valence-electron chi connectivity index (χ3n) is 1.67. The van der Waals surface area contributed by atoms with Gasteiger partial charge in [-0.25, -0.2) is 0 Å². The minimum absolute atomic E-state index is 0. The van der Waals surface area contributed by atoms with Gasteiger partial charge in [0.2, 0.25) is 0 Å². The minimum Gasteiger partial charge on any atom is -0.381 e. The number of hydrogen-bond acceptors (Lipinski definition) is 1. The molecule has 0 spiro atoms. The van der Waals surface area contributed by atoms with E-state index in [0.717, 1.165) is 6.54 Å². The Labute approximate surface area is 79.3 Å². The number of benzene rings is 1. The van der Waals surface area contributed by atoms with Crippen LogP contribution < -0.4 is 5.32 Å². The molecular formula is C9H9NZn. The summed E-state index contributed by atoms with van der Waals surface area (Å²) in [5.74, 6) is 0. The van der Waals surface area contributed by atoms with E-state index >= 15 is 0 Å². The minimum atomic E-state index is 0. The zero-order valence-electron chi connectivity index (χ0n) is 6.38. The normalized spacial score (nSPS) is 12.7. The fourth-order valence-corrected chi connectivity index (χ4v) is 1.16. The maximum Gasteiger partial charge on any atom is 0.0416 e. The first-order chi connectivity index (χ1) is 4.97. The molecular weight excluding hydrogens is 187 g/mol. The first-order valence-corrected chi connectivity index (χ1v) is 3.46. The Kier molecular flexibility index (Phi) is 2.84. The summed E-state index contributed by atoms with van der Waals surface area (Å²) in [5.41, 5.74) is 2.53. The quantitative estimate of drug-likeness (QED) is 0.627. The van der Waals surface area contributed by atoms with Gasteiger partial charge in [0.25, 0.3) is 0 Å². The fourth-order valence-electron chi connectivity index (χ4n) is 1.16. The van der Waals surface area contributed by atoms with Crippen LogP contribution in [0.5, 0.6) is 0 Å². The second-order valence-corrected chi connectivity index (χ2v) is 2.37. The topological polar surface area (TPSA) is 12.0 Å². The Balaban J connectivity index is 0.000000605. The summed E-state index contributed by atoms with van der Waals surface area (Å²) in [5, 5.41) is 3.28. The molecule has 1 aliphatic rings. The molecule has 1 aliphatic heterocycles. The molecule has 0 aliphatic carbocycles. The van der Waals surface area contributed by atoms with Gasteiger partial charge in [0.1, 0.15) is 0 Å². The number of fused-ring (bicyclic) bond motifs is 1. The average Bonchev–Trinajstić information content (AvgIpc) is 2.05. The maximum atomic E-state index is 3.28. The molecule has 0 fully saturated rings. The summed E-state index contributed by atoms with van der Waals surface area (Å²) in [7, 11) is 0. The van der Waals surface area contributed by atoms with E-state index in [0.29, 0.717) is 0 Å². The van der Waals surface area contributed by atoms with Crippen LogP contribution in [-0.2, 0) is 19.5 Å². The van der Waals surface area contributed by atoms with Crippen molar-refractivity contribution in [2.75, 3.05) is 11.9 Å². The number of para-hydroxylation sites is 1. The maximum absolute atomic E-state index is 3.28. The molecule has 0 saturated carbocycles. The van der Waals surface area contributed by atoms with Crippen molar-refractivity contribution in [2.45, 2.75) is 0 Å². The Hall–Kier alpha value is -0.617. The van der Waals surface area contributed by atoms with E-state index in [-0.39, 0.29) is 19.5 Å². The molecule has 0 unspecified atom stereocenters. The molecule has 0 saturated heterocycles. The van der Waals surface area contributed by atoms with Crippen LogP contribution in [0, 0.1) is 0 Å². The van der Waals surface area contributed by atoms with Crippen LogP contribution in [-0.4, -0.2) is 6.54 Å². The molecule has 1 N–H and O–H groups in total. The van der Waals surface area contributed by atoms with Gasteiger partial charge in [-0.2, -0.15) is 0 Å². The SMILES string of the molecule is C1=Cc2ccccc2NC1.[Zn]. The average molecular weight is 197 g/mol. The predicted molar refractivity (Wildman–Crippen MR) is 44.0 cm³/mol. The van der Waals surface area contributed by atoms with Crippen LogP contribution >= 0.6 is 0 Å². The van der Waals surface area contributed by atoms with E-state index in [1.54, 1.807) is 0 Å². The van der Waals surface area contributed by atoms with E-state index in [2.05, 4.69) is 35.7 Å². The smallest absolute Gasteiger partial charge is 0.0416 e. The van der Waals surface area contributed by atoms with E-state index in [1.807, 2.05) is 6.07 Å². The monoisotopic (exact) mass is 195 g/mol. The van der Waals surface area contributed by atoms with Crippen molar-refractivity contribution in [2.24, 2.45) is 0 Å². The molecule has 0 aromatic heterocycles. The summed E-state index contributed by atoms with van der Waals surface area (Å²) in [4.78, 5) is 0. The molecule has 0 radical (unpaired) electrons. The van der Waals surface area contributed by atoms with Gasteiger partial charge in [-0.1, -0.05) is 30.4 Å². The Morgan fingerprint density at radius 1 is 1.18 bits per heavy atom. The predicted octanol–water partition coefficient (Wildman–Crippen LogP) is 2.12. The summed E-state index contributed by atoms with van der Waals surface area (Å²) in [6.45, 7) is 0.955. The van der Waals surface area contributed by atoms with E-state index in [4.69, 9.17) is 0 Å². The third kappa shape index (κ3) is 1.69. The summed E-state index contributed by atoms with van der Waals surface area (Å²) in [6.07, 6.45) is 4.27. The number of anilines is 1. The second-order valence-electron chi connectivity index (χ2n) is 2.37. The van der Waals surface area contributed by atoms with Crippen molar-refractivity contribution in [3.05, 3.63) is 35.9 Å². The molecule has 11 heavy (non-hydrogen) atoms. The first kappa shape index (κ1) is 8.48. The van der Waals surface area contributed by atoms with Gasteiger partial charge in [-0.3, -0.25) is 0 Å². The molecule has 1 heterocycles. The molecule has 0 atom stereocenters. The number of hydrogen-bond donors (Lipinski definition) is 1. The van der Waals surface area contributed by atoms with Gasteiger partial charge in [0.05, 0.1) is 0 Å². The molecule has 2 rings (SSSR count). The standard InChI is InChI=1S/C9H9N.Zn/c1-2-6-9-8(4-1)5-3-7-10-9;/h1-6,10H,7H2;. The number of rotatable bonds is 0. The molecule has 1 aromatic carbocycles. The third-order valence-corrected chi connectivity index (χ3v) is 1.67. The van der Waals surface area contributed by atoms with Crippen molar-refractivity contribution in [1.29, 1.82) is 0 Å². The summed E-state index contributed by atoms with van der Waals surface area (Å²) < 4.78 is 0. The molecule has 52 valence electrons. The van der Waals surface area contributed by atoms with Gasteiger partial charge in [0, 0.05) is 31.7 Å². The van der Waals surface area contributed by atoms with E-state index < -0.39 is 0 Å². The number of nitrogens with one attached hydrogen (secondary N) is 1. The molecule has 2 heteroatoms. The van der Waals surface area contributed by atoms with Crippen molar-refractivity contribution >= 4 is 11.8 Å². The van der Waals surface area contributed by atoms with Gasteiger partial charge < -0.3 is 5.32 Å². The largest absolute Gasteiger partial charge is 0.381 e. The molecule has 1 aromatic rings. The molecule has 0 bridgehead atoms. The van der Waals surface area contributed by atoms with Crippen LogP contribution in [0.3, 0.4) is 0 Å². The Morgan fingerprint density at radius 3 is 2.82 bits per heavy atom. The van der Waals surface area contributed by atoms with Crippen LogP contribution in [0.4, 0.5) is 5.69 Å². The van der Waals surface area contributed by atoms with Crippen molar-refractivity contribution < 1.29 is 19.5 Å². The van der Waals surface area contributed by atoms with Crippen molar-refractivity contribution in [3.63, 3.8) is 0 Å². The summed E-state index contributed by atoms with van der Waals surface area (Å²) in [6, 6.07) is 8.30. The van der Waals surface area contributed by atoms with E-state index in [1.165, 1.54) is 11.3 Å². The Bertz CT molecular complexity index is 268. The van der Waals surface area contributed by atoms with Crippen molar-refractivity contribution in [3.8, 4) is 0 Å². The second kappa shape index (κ2) is 3.68. The fraction of sp³-hybridized carbons (Fsp3) is 0.111. The van der Waals surface area contributed by atoms with E-state index in [9.17, 15) is 0 Å². The van der Waals surface area contributed by atoms with Gasteiger partial charge >= 0.3 is 0 Å². The van der Waals surface area contributed by atoms with Gasteiger partial charge in [-0.15, -0.1) is 0 Å². The molecule has 0 amide bonds. The van der Waals surface area contributed by atoms with Crippen molar-refractivity contribution in [1.82, 2.24) is 0 Å².